The van der Waals surface area contributed by atoms with Gasteiger partial charge in [0.2, 0.25) is 0 Å². The van der Waals surface area contributed by atoms with E-state index in [2.05, 4.69) is 22.1 Å². The summed E-state index contributed by atoms with van der Waals surface area (Å²) in [5.41, 5.74) is 4.62. The van der Waals surface area contributed by atoms with Crippen LogP contribution >= 0.6 is 11.6 Å². The van der Waals surface area contributed by atoms with Gasteiger partial charge in [-0.05, 0) is 69.4 Å². The van der Waals surface area contributed by atoms with E-state index in [9.17, 15) is 9.59 Å². The maximum absolute atomic E-state index is 13.1. The van der Waals surface area contributed by atoms with E-state index in [0.29, 0.717) is 22.2 Å². The number of hydrogen-bond donors (Lipinski definition) is 2. The lowest BCUT2D eigenvalue weighted by atomic mass is 10.0. The van der Waals surface area contributed by atoms with Crippen molar-refractivity contribution in [3.05, 3.63) is 61.5 Å². The van der Waals surface area contributed by atoms with Crippen LogP contribution in [-0.2, 0) is 17.7 Å². The first kappa shape index (κ1) is 23.4. The second-order valence-electron chi connectivity index (χ2n) is 8.05. The van der Waals surface area contributed by atoms with Crippen LogP contribution in [0, 0.1) is 13.8 Å². The van der Waals surface area contributed by atoms with E-state index in [0.717, 1.165) is 61.5 Å². The zero-order valence-electron chi connectivity index (χ0n) is 18.8. The van der Waals surface area contributed by atoms with Gasteiger partial charge >= 0.3 is 0 Å². The molecule has 2 N–H and O–H groups in total. The summed E-state index contributed by atoms with van der Waals surface area (Å²) in [4.78, 5) is 30.6. The highest BCUT2D eigenvalue weighted by Gasteiger charge is 2.24. The van der Waals surface area contributed by atoms with Gasteiger partial charge < -0.3 is 19.9 Å². The summed E-state index contributed by atoms with van der Waals surface area (Å²) in [7, 11) is 0. The first-order chi connectivity index (χ1) is 14.8. The summed E-state index contributed by atoms with van der Waals surface area (Å²) < 4.78 is 5.51. The molecule has 1 amide bonds. The number of aryl methyl sites for hydroxylation is 2. The number of nitrogens with one attached hydrogen (secondary N) is 2. The lowest BCUT2D eigenvalue weighted by Gasteiger charge is -2.36. The molecule has 6 nitrogen and oxygen atoms in total. The molecule has 1 aromatic carbocycles. The van der Waals surface area contributed by atoms with Crippen molar-refractivity contribution in [1.29, 1.82) is 0 Å². The molecule has 31 heavy (non-hydrogen) atoms. The Morgan fingerprint density at radius 3 is 2.58 bits per heavy atom. The van der Waals surface area contributed by atoms with Crippen molar-refractivity contribution >= 4 is 23.2 Å². The van der Waals surface area contributed by atoms with Crippen molar-refractivity contribution in [2.24, 2.45) is 0 Å². The molecule has 2 aromatic rings. The molecule has 3 rings (SSSR count). The van der Waals surface area contributed by atoms with E-state index in [-0.39, 0.29) is 18.0 Å². The smallest absolute Gasteiger partial charge is 0.253 e. The molecular weight excluding hydrogens is 414 g/mol. The lowest BCUT2D eigenvalue weighted by Crippen LogP contribution is -2.40. The highest BCUT2D eigenvalue weighted by atomic mass is 35.5. The van der Waals surface area contributed by atoms with Crippen molar-refractivity contribution in [3.8, 4) is 0 Å². The van der Waals surface area contributed by atoms with Crippen LogP contribution in [-0.4, -0.2) is 36.7 Å². The van der Waals surface area contributed by atoms with Gasteiger partial charge in [-0.3, -0.25) is 9.59 Å². The van der Waals surface area contributed by atoms with Gasteiger partial charge in [0.1, 0.15) is 0 Å². The monoisotopic (exact) mass is 445 g/mol. The van der Waals surface area contributed by atoms with Crippen LogP contribution in [0.4, 0.5) is 5.69 Å². The molecule has 0 bridgehead atoms. The van der Waals surface area contributed by atoms with Crippen molar-refractivity contribution in [1.82, 2.24) is 10.3 Å². The molecule has 0 spiro atoms. The third-order valence-corrected chi connectivity index (χ3v) is 6.26. The second-order valence-corrected chi connectivity index (χ2v) is 8.48. The first-order valence-electron chi connectivity index (χ1n) is 11.0. The molecule has 0 saturated carbocycles. The molecular formula is C24H32ClN3O3. The Kier molecular flexibility index (Phi) is 7.79. The molecule has 1 aliphatic rings. The van der Waals surface area contributed by atoms with Crippen LogP contribution in [0.3, 0.4) is 0 Å². The first-order valence-corrected chi connectivity index (χ1v) is 11.4. The van der Waals surface area contributed by atoms with E-state index in [1.807, 2.05) is 32.9 Å². The molecule has 0 radical (unpaired) electrons. The van der Waals surface area contributed by atoms with E-state index >= 15 is 0 Å². The van der Waals surface area contributed by atoms with Gasteiger partial charge in [-0.1, -0.05) is 18.5 Å². The predicted molar refractivity (Wildman–Crippen MR) is 125 cm³/mol. The Bertz CT molecular complexity index is 996. The number of nitrogens with zero attached hydrogens (tertiary/aromatic N) is 1. The standard InChI is InChI=1S/C24H32ClN3O3/c1-5-17-11-15(3)27-24(30)21(17)14-26-23(29)20-12-18(25)13-22(16(20)4)28(6-2)19-7-9-31-10-8-19/h11-13,19H,5-10,14H2,1-4H3,(H,26,29)(H,27,30). The van der Waals surface area contributed by atoms with E-state index in [1.54, 1.807) is 6.07 Å². The highest BCUT2D eigenvalue weighted by molar-refractivity contribution is 6.31. The van der Waals surface area contributed by atoms with Crippen molar-refractivity contribution in [2.75, 3.05) is 24.7 Å². The molecule has 7 heteroatoms. The number of halogens is 1. The molecule has 1 aromatic heterocycles. The topological polar surface area (TPSA) is 74.4 Å². The average Bonchev–Trinajstić information content (AvgIpc) is 2.75. The minimum Gasteiger partial charge on any atom is -0.381 e. The Morgan fingerprint density at radius 1 is 1.23 bits per heavy atom. The fraction of sp³-hybridized carbons (Fsp3) is 0.500. The van der Waals surface area contributed by atoms with Crippen LogP contribution in [0.25, 0.3) is 0 Å². The maximum Gasteiger partial charge on any atom is 0.253 e. The number of aromatic nitrogens is 1. The number of aromatic amines is 1. The van der Waals surface area contributed by atoms with Gasteiger partial charge in [-0.25, -0.2) is 0 Å². The fourth-order valence-corrected chi connectivity index (χ4v) is 4.59. The van der Waals surface area contributed by atoms with Gasteiger partial charge in [0.05, 0.1) is 0 Å². The maximum atomic E-state index is 13.1. The van der Waals surface area contributed by atoms with Crippen LogP contribution in [0.5, 0.6) is 0 Å². The Labute approximate surface area is 188 Å². The molecule has 168 valence electrons. The Morgan fingerprint density at radius 2 is 1.94 bits per heavy atom. The van der Waals surface area contributed by atoms with Crippen LogP contribution in [0.1, 0.15) is 59.4 Å². The molecule has 1 saturated heterocycles. The van der Waals surface area contributed by atoms with Gasteiger partial charge in [-0.2, -0.15) is 0 Å². The summed E-state index contributed by atoms with van der Waals surface area (Å²) in [5.74, 6) is -0.230. The van der Waals surface area contributed by atoms with Crippen LogP contribution in [0.2, 0.25) is 5.02 Å². The third kappa shape index (κ3) is 5.31. The largest absolute Gasteiger partial charge is 0.381 e. The summed E-state index contributed by atoms with van der Waals surface area (Å²) in [6.07, 6.45) is 2.64. The Hall–Kier alpha value is -2.31. The number of amides is 1. The van der Waals surface area contributed by atoms with Crippen molar-refractivity contribution in [2.45, 2.75) is 59.5 Å². The minimum absolute atomic E-state index is 0.155. The van der Waals surface area contributed by atoms with E-state index in [4.69, 9.17) is 16.3 Å². The molecule has 1 aliphatic heterocycles. The fourth-order valence-electron chi connectivity index (χ4n) is 4.38. The minimum atomic E-state index is -0.230. The van der Waals surface area contributed by atoms with Gasteiger partial charge in [0.25, 0.3) is 11.5 Å². The number of carbonyl (C=O) groups excluding carboxylic acids is 1. The molecule has 0 aliphatic carbocycles. The quantitative estimate of drug-likeness (QED) is 0.671. The van der Waals surface area contributed by atoms with E-state index in [1.165, 1.54) is 0 Å². The average molecular weight is 446 g/mol. The van der Waals surface area contributed by atoms with Crippen molar-refractivity contribution < 1.29 is 9.53 Å². The summed E-state index contributed by atoms with van der Waals surface area (Å²) in [5, 5.41) is 3.45. The number of hydrogen-bond acceptors (Lipinski definition) is 4. The molecule has 0 unspecified atom stereocenters. The number of carbonyl (C=O) groups is 1. The zero-order chi connectivity index (χ0) is 22.5. The Balaban J connectivity index is 1.86. The van der Waals surface area contributed by atoms with Crippen LogP contribution < -0.4 is 15.8 Å². The molecule has 0 atom stereocenters. The summed E-state index contributed by atoms with van der Waals surface area (Å²) >= 11 is 6.43. The molecule has 2 heterocycles. The lowest BCUT2D eigenvalue weighted by molar-refractivity contribution is 0.0846. The number of benzene rings is 1. The molecule has 1 fully saturated rings. The zero-order valence-corrected chi connectivity index (χ0v) is 19.6. The highest BCUT2D eigenvalue weighted by Crippen LogP contribution is 2.31. The van der Waals surface area contributed by atoms with Crippen LogP contribution in [0.15, 0.2) is 23.0 Å². The van der Waals surface area contributed by atoms with Crippen molar-refractivity contribution in [3.63, 3.8) is 0 Å². The summed E-state index contributed by atoms with van der Waals surface area (Å²) in [6.45, 7) is 10.4. The SMILES string of the molecule is CCc1cc(C)[nH]c(=O)c1CNC(=O)c1cc(Cl)cc(N(CC)C2CCOCC2)c1C. The number of anilines is 1. The predicted octanol–water partition coefficient (Wildman–Crippen LogP) is 4.14. The number of pyridine rings is 1. The second kappa shape index (κ2) is 10.3. The number of rotatable bonds is 7. The van der Waals surface area contributed by atoms with Gasteiger partial charge in [0, 0.05) is 59.9 Å². The third-order valence-electron chi connectivity index (χ3n) is 6.04. The number of ether oxygens (including phenoxy) is 1. The van der Waals surface area contributed by atoms with Gasteiger partial charge in [-0.15, -0.1) is 0 Å². The van der Waals surface area contributed by atoms with E-state index < -0.39 is 0 Å². The normalized spacial score (nSPS) is 14.5. The summed E-state index contributed by atoms with van der Waals surface area (Å²) in [6, 6.07) is 5.96. The van der Waals surface area contributed by atoms with Gasteiger partial charge in [0.15, 0.2) is 0 Å². The number of H-pyrrole nitrogens is 1.